The van der Waals surface area contributed by atoms with Crippen LogP contribution >= 0.6 is 0 Å². The highest BCUT2D eigenvalue weighted by atomic mass is 19.1. The number of hydrogen-bond donors (Lipinski definition) is 2. The molecule has 0 saturated heterocycles. The first-order valence-corrected chi connectivity index (χ1v) is 4.63. The highest BCUT2D eigenvalue weighted by molar-refractivity contribution is 5.22. The summed E-state index contributed by atoms with van der Waals surface area (Å²) in [4.78, 5) is 11.7. The summed E-state index contributed by atoms with van der Waals surface area (Å²) in [6.07, 6.45) is 5.82. The molecule has 2 heterocycles. The molecule has 82 valence electrons. The summed E-state index contributed by atoms with van der Waals surface area (Å²) in [5.74, 6) is 5.05. The maximum Gasteiger partial charge on any atom is 0.141 e. The number of nitrogens with one attached hydrogen (secondary N) is 1. The lowest BCUT2D eigenvalue weighted by Gasteiger charge is -2.14. The fourth-order valence-corrected chi connectivity index (χ4v) is 1.37. The maximum absolute atomic E-state index is 12.7. The molecule has 0 fully saturated rings. The third-order valence-corrected chi connectivity index (χ3v) is 2.13. The van der Waals surface area contributed by atoms with E-state index < -0.39 is 0 Å². The van der Waals surface area contributed by atoms with Crippen molar-refractivity contribution in [3.8, 4) is 0 Å². The van der Waals surface area contributed by atoms with Crippen LogP contribution in [-0.2, 0) is 0 Å². The number of pyridine rings is 1. The number of aromatic nitrogens is 3. The Kier molecular flexibility index (Phi) is 3.13. The molecular formula is C10H10FN5. The van der Waals surface area contributed by atoms with Crippen molar-refractivity contribution in [2.24, 2.45) is 5.84 Å². The molecule has 0 aliphatic rings. The summed E-state index contributed by atoms with van der Waals surface area (Å²) in [5, 5.41) is 0. The molecule has 16 heavy (non-hydrogen) atoms. The van der Waals surface area contributed by atoms with Gasteiger partial charge in [0, 0.05) is 18.0 Å². The van der Waals surface area contributed by atoms with Crippen molar-refractivity contribution in [1.82, 2.24) is 20.4 Å². The van der Waals surface area contributed by atoms with Gasteiger partial charge in [0.25, 0.3) is 0 Å². The molecule has 1 atom stereocenters. The van der Waals surface area contributed by atoms with E-state index in [0.29, 0.717) is 5.69 Å². The van der Waals surface area contributed by atoms with E-state index in [9.17, 15) is 4.39 Å². The van der Waals surface area contributed by atoms with Crippen molar-refractivity contribution in [2.75, 3.05) is 0 Å². The smallest absolute Gasteiger partial charge is 0.141 e. The van der Waals surface area contributed by atoms with Crippen LogP contribution in [-0.4, -0.2) is 15.0 Å². The van der Waals surface area contributed by atoms with E-state index in [1.807, 2.05) is 0 Å². The van der Waals surface area contributed by atoms with Crippen LogP contribution < -0.4 is 11.3 Å². The van der Waals surface area contributed by atoms with Gasteiger partial charge in [-0.05, 0) is 12.1 Å². The van der Waals surface area contributed by atoms with Crippen LogP contribution in [0.15, 0.2) is 37.1 Å². The Morgan fingerprint density at radius 3 is 2.50 bits per heavy atom. The van der Waals surface area contributed by atoms with E-state index in [4.69, 9.17) is 5.84 Å². The average Bonchev–Trinajstić information content (AvgIpc) is 2.34. The Morgan fingerprint density at radius 1 is 1.19 bits per heavy atom. The van der Waals surface area contributed by atoms with E-state index in [1.54, 1.807) is 18.5 Å². The van der Waals surface area contributed by atoms with Crippen LogP contribution in [0.5, 0.6) is 0 Å². The van der Waals surface area contributed by atoms with Crippen LogP contribution in [0.2, 0.25) is 0 Å². The Hall–Kier alpha value is -1.92. The van der Waals surface area contributed by atoms with Gasteiger partial charge in [-0.1, -0.05) is 0 Å². The summed E-state index contributed by atoms with van der Waals surface area (Å²) < 4.78 is 12.7. The van der Waals surface area contributed by atoms with Gasteiger partial charge in [-0.25, -0.2) is 19.8 Å². The molecule has 0 spiro atoms. The number of rotatable bonds is 3. The summed E-state index contributed by atoms with van der Waals surface area (Å²) >= 11 is 0. The number of nitrogens with two attached hydrogens (primary N) is 1. The molecule has 2 aromatic rings. The standard InChI is InChI=1S/C10H10FN5/c11-8-1-2-9(15-5-8)10(16-12)7-3-13-6-14-4-7/h1-6,10,16H,12H2. The van der Waals surface area contributed by atoms with Gasteiger partial charge in [0.1, 0.15) is 12.1 Å². The first-order valence-electron chi connectivity index (χ1n) is 4.63. The molecule has 0 saturated carbocycles. The number of hydrazine groups is 1. The van der Waals surface area contributed by atoms with Crippen molar-refractivity contribution in [2.45, 2.75) is 6.04 Å². The molecule has 0 radical (unpaired) electrons. The maximum atomic E-state index is 12.7. The number of hydrogen-bond acceptors (Lipinski definition) is 5. The van der Waals surface area contributed by atoms with Crippen molar-refractivity contribution >= 4 is 0 Å². The van der Waals surface area contributed by atoms with Gasteiger partial charge >= 0.3 is 0 Å². The van der Waals surface area contributed by atoms with Gasteiger partial charge in [-0.2, -0.15) is 0 Å². The largest absolute Gasteiger partial charge is 0.271 e. The fraction of sp³-hybridized carbons (Fsp3) is 0.100. The second-order valence-corrected chi connectivity index (χ2v) is 3.17. The van der Waals surface area contributed by atoms with Crippen molar-refractivity contribution in [3.63, 3.8) is 0 Å². The average molecular weight is 219 g/mol. The molecule has 0 aliphatic heterocycles. The first-order chi connectivity index (χ1) is 7.81. The van der Waals surface area contributed by atoms with Crippen LogP contribution in [0.4, 0.5) is 4.39 Å². The summed E-state index contributed by atoms with van der Waals surface area (Å²) in [6.45, 7) is 0. The van der Waals surface area contributed by atoms with E-state index in [-0.39, 0.29) is 11.9 Å². The Bertz CT molecular complexity index is 445. The number of nitrogens with zero attached hydrogens (tertiary/aromatic N) is 3. The minimum absolute atomic E-state index is 0.346. The molecule has 2 rings (SSSR count). The molecule has 0 amide bonds. The minimum Gasteiger partial charge on any atom is -0.271 e. The third kappa shape index (κ3) is 2.18. The SMILES string of the molecule is NNC(c1cncnc1)c1ccc(F)cn1. The normalized spacial score (nSPS) is 12.4. The topological polar surface area (TPSA) is 76.7 Å². The van der Waals surface area contributed by atoms with Crippen LogP contribution in [0, 0.1) is 5.82 Å². The van der Waals surface area contributed by atoms with Crippen molar-refractivity contribution < 1.29 is 4.39 Å². The lowest BCUT2D eigenvalue weighted by Crippen LogP contribution is -2.29. The second kappa shape index (κ2) is 4.73. The minimum atomic E-state index is -0.385. The first kappa shape index (κ1) is 10.6. The highest BCUT2D eigenvalue weighted by Crippen LogP contribution is 2.17. The van der Waals surface area contributed by atoms with Crippen LogP contribution in [0.25, 0.3) is 0 Å². The summed E-state index contributed by atoms with van der Waals surface area (Å²) in [7, 11) is 0. The van der Waals surface area contributed by atoms with Crippen LogP contribution in [0.3, 0.4) is 0 Å². The quantitative estimate of drug-likeness (QED) is 0.582. The monoisotopic (exact) mass is 219 g/mol. The predicted molar refractivity (Wildman–Crippen MR) is 55.4 cm³/mol. The fourth-order valence-electron chi connectivity index (χ4n) is 1.37. The number of halogens is 1. The zero-order valence-corrected chi connectivity index (χ0v) is 8.34. The van der Waals surface area contributed by atoms with Gasteiger partial charge in [-0.3, -0.25) is 10.8 Å². The van der Waals surface area contributed by atoms with E-state index in [1.165, 1.54) is 12.4 Å². The molecule has 3 N–H and O–H groups in total. The molecule has 0 aromatic carbocycles. The summed E-state index contributed by atoms with van der Waals surface area (Å²) in [6, 6.07) is 2.55. The zero-order valence-electron chi connectivity index (χ0n) is 8.34. The molecular weight excluding hydrogens is 209 g/mol. The Morgan fingerprint density at radius 2 is 1.94 bits per heavy atom. The van der Waals surface area contributed by atoms with Crippen molar-refractivity contribution in [3.05, 3.63) is 54.1 Å². The van der Waals surface area contributed by atoms with Gasteiger partial charge in [-0.15, -0.1) is 0 Å². The molecule has 0 bridgehead atoms. The lowest BCUT2D eigenvalue weighted by molar-refractivity contribution is 0.594. The van der Waals surface area contributed by atoms with Gasteiger partial charge in [0.2, 0.25) is 0 Å². The van der Waals surface area contributed by atoms with E-state index >= 15 is 0 Å². The van der Waals surface area contributed by atoms with Crippen LogP contribution in [0.1, 0.15) is 17.3 Å². The highest BCUT2D eigenvalue weighted by Gasteiger charge is 2.13. The van der Waals surface area contributed by atoms with Crippen molar-refractivity contribution in [1.29, 1.82) is 0 Å². The molecule has 6 heteroatoms. The van der Waals surface area contributed by atoms with Gasteiger partial charge < -0.3 is 0 Å². The third-order valence-electron chi connectivity index (χ3n) is 2.13. The molecule has 0 aliphatic carbocycles. The van der Waals surface area contributed by atoms with E-state index in [0.717, 1.165) is 11.8 Å². The second-order valence-electron chi connectivity index (χ2n) is 3.17. The molecule has 5 nitrogen and oxygen atoms in total. The summed E-state index contributed by atoms with van der Waals surface area (Å²) in [5.41, 5.74) is 3.97. The van der Waals surface area contributed by atoms with Gasteiger partial charge in [0.15, 0.2) is 0 Å². The molecule has 1 unspecified atom stereocenters. The zero-order chi connectivity index (χ0) is 11.4. The lowest BCUT2D eigenvalue weighted by atomic mass is 10.1. The Balaban J connectivity index is 2.33. The molecule has 2 aromatic heterocycles. The predicted octanol–water partition coefficient (Wildman–Crippen LogP) is 0.563. The Labute approximate surface area is 91.5 Å². The van der Waals surface area contributed by atoms with E-state index in [2.05, 4.69) is 20.4 Å². The van der Waals surface area contributed by atoms with Gasteiger partial charge in [0.05, 0.1) is 17.9 Å².